The van der Waals surface area contributed by atoms with Crippen LogP contribution in [0.4, 0.5) is 0 Å². The fraction of sp³-hybridized carbons (Fsp3) is 0.421. The van der Waals surface area contributed by atoms with E-state index >= 15 is 4.79 Å². The van der Waals surface area contributed by atoms with Crippen molar-refractivity contribution in [3.05, 3.63) is 140 Å². The molecule has 15 heteroatoms. The number of hydrogen-bond acceptors (Lipinski definition) is 13. The maximum absolute atomic E-state index is 16.8. The summed E-state index contributed by atoms with van der Waals surface area (Å²) in [5.41, 5.74) is 5.17. The summed E-state index contributed by atoms with van der Waals surface area (Å²) in [4.78, 5) is 16.8. The molecule has 2 aliphatic heterocycles. The number of benzene rings is 4. The Morgan fingerprint density at radius 2 is 0.931 bits per heavy atom. The van der Waals surface area contributed by atoms with Crippen molar-refractivity contribution in [2.45, 2.75) is 61.9 Å². The Kier molecular flexibility index (Phi) is 16.2. The second kappa shape index (κ2) is 23.1. The van der Waals surface area contributed by atoms with E-state index in [4.69, 9.17) is 46.7 Å². The number of nitrogens with one attached hydrogen (secondary N) is 2. The van der Waals surface area contributed by atoms with Crippen molar-refractivity contribution in [3.63, 3.8) is 0 Å². The van der Waals surface area contributed by atoms with Crippen molar-refractivity contribution in [3.8, 4) is 45.6 Å². The van der Waals surface area contributed by atoms with Gasteiger partial charge < -0.3 is 57.4 Å². The highest BCUT2D eigenvalue weighted by Gasteiger charge is 2.45. The van der Waals surface area contributed by atoms with Crippen LogP contribution in [0.1, 0.15) is 95.7 Å². The summed E-state index contributed by atoms with van der Waals surface area (Å²) in [6.07, 6.45) is 2.52. The minimum Gasteiger partial charge on any atom is -0.495 e. The minimum absolute atomic E-state index is 0.0940. The van der Waals surface area contributed by atoms with Gasteiger partial charge in [-0.1, -0.05) is 48.5 Å². The molecule has 0 amide bonds. The van der Waals surface area contributed by atoms with Crippen LogP contribution in [0.5, 0.6) is 23.0 Å². The molecule has 6 atom stereocenters. The molecule has 2 N–H and O–H groups in total. The van der Waals surface area contributed by atoms with Crippen LogP contribution in [0, 0.1) is 11.8 Å². The lowest BCUT2D eigenvalue weighted by Gasteiger charge is -2.32. The first-order valence-electron chi connectivity index (χ1n) is 24.9. The summed E-state index contributed by atoms with van der Waals surface area (Å²) in [6.45, 7) is 5.26. The van der Waals surface area contributed by atoms with Gasteiger partial charge in [0.25, 0.3) is 0 Å². The topological polar surface area (TPSA) is 141 Å². The third-order valence-corrected chi connectivity index (χ3v) is 15.7. The second-order valence-electron chi connectivity index (χ2n) is 19.0. The molecule has 10 rings (SSSR count). The summed E-state index contributed by atoms with van der Waals surface area (Å²) in [5, 5.41) is 6.89. The Hall–Kier alpha value is -4.97. The second-order valence-corrected chi connectivity index (χ2v) is 20.6. The Morgan fingerprint density at radius 3 is 1.25 bits per heavy atom. The average molecular weight is 1110 g/mol. The highest BCUT2D eigenvalue weighted by atomic mass is 79.9. The van der Waals surface area contributed by atoms with Crippen LogP contribution in [0.15, 0.2) is 115 Å². The van der Waals surface area contributed by atoms with Gasteiger partial charge in [0.05, 0.1) is 79.3 Å². The van der Waals surface area contributed by atoms with Crippen LogP contribution in [0.3, 0.4) is 0 Å². The Labute approximate surface area is 437 Å². The number of carbonyl (C=O) groups is 1. The zero-order chi connectivity index (χ0) is 49.7. The summed E-state index contributed by atoms with van der Waals surface area (Å²) < 4.78 is 64.7. The molecule has 4 heterocycles. The predicted molar refractivity (Wildman–Crippen MR) is 279 cm³/mol. The van der Waals surface area contributed by atoms with E-state index < -0.39 is 24.0 Å². The SMILES string of the molecule is COc1cc(-c2ccc(C(C(=O)C(c3ccc(-c4cc(OC)c(Br)c(OC)c4)o3)C(OCC3CC3)c3ccc(C4CNCCO4)cc3)C(OCC3CC3)c3ccc(C4CNCCO4)cc3)o2)cc(OC)c1Br. The van der Waals surface area contributed by atoms with Crippen molar-refractivity contribution in [2.24, 2.45) is 11.8 Å². The van der Waals surface area contributed by atoms with Crippen LogP contribution in [0.25, 0.3) is 22.6 Å². The maximum Gasteiger partial charge on any atom is 0.160 e. The van der Waals surface area contributed by atoms with Crippen molar-refractivity contribution in [1.29, 1.82) is 0 Å². The van der Waals surface area contributed by atoms with Gasteiger partial charge in [-0.05, 0) is 140 Å². The van der Waals surface area contributed by atoms with Crippen molar-refractivity contribution >= 4 is 37.6 Å². The molecule has 6 aromatic rings. The van der Waals surface area contributed by atoms with Crippen LogP contribution < -0.4 is 29.6 Å². The number of methoxy groups -OCH3 is 4. The van der Waals surface area contributed by atoms with E-state index in [1.54, 1.807) is 28.4 Å². The zero-order valence-electron chi connectivity index (χ0n) is 41.1. The molecule has 4 aliphatic rings. The predicted octanol–water partition coefficient (Wildman–Crippen LogP) is 11.9. The van der Waals surface area contributed by atoms with Crippen molar-refractivity contribution in [2.75, 3.05) is 81.0 Å². The van der Waals surface area contributed by atoms with Crippen LogP contribution in [0.2, 0.25) is 0 Å². The number of carbonyl (C=O) groups excluding carboxylic acids is 1. The van der Waals surface area contributed by atoms with E-state index in [1.807, 2.05) is 48.5 Å². The standard InChI is InChI=1S/C57H62Br2N2O11/c1-63-45-25-39(26-46(64-2)53(45)58)41-17-19-43(71-41)51(56(69-31-33-5-6-33)37-13-9-35(10-14-37)49-29-60-21-23-67-49)55(62)52(44-20-18-42(72-44)40-27-47(65-3)54(59)48(28-40)66-4)57(70-32-34-7-8-34)38-15-11-36(12-16-38)50-30-61-22-24-68-50/h9-20,25-28,33-34,49-52,56-57,60-61H,5-8,21-24,29-32H2,1-4H3. The van der Waals surface area contributed by atoms with E-state index in [9.17, 15) is 0 Å². The molecule has 2 aliphatic carbocycles. The zero-order valence-corrected chi connectivity index (χ0v) is 44.3. The molecule has 13 nitrogen and oxygen atoms in total. The number of ether oxygens (including phenoxy) is 8. The summed E-state index contributed by atoms with van der Waals surface area (Å²) in [7, 11) is 6.43. The first-order valence-corrected chi connectivity index (χ1v) is 26.5. The molecule has 72 heavy (non-hydrogen) atoms. The van der Waals surface area contributed by atoms with Gasteiger partial charge in [0.1, 0.15) is 66.8 Å². The molecule has 4 aromatic carbocycles. The van der Waals surface area contributed by atoms with Gasteiger partial charge in [0.2, 0.25) is 0 Å². The van der Waals surface area contributed by atoms with E-state index in [1.165, 1.54) is 0 Å². The lowest BCUT2D eigenvalue weighted by Crippen LogP contribution is -2.33. The molecular weight excluding hydrogens is 1050 g/mol. The third-order valence-electron chi connectivity index (χ3n) is 14.1. The van der Waals surface area contributed by atoms with E-state index in [0.29, 0.717) is 117 Å². The normalized spacial score (nSPS) is 19.8. The first-order chi connectivity index (χ1) is 35.2. The molecular formula is C57H62Br2N2O11. The number of ketones is 1. The molecule has 2 saturated carbocycles. The molecule has 2 aromatic heterocycles. The lowest BCUT2D eigenvalue weighted by molar-refractivity contribution is -0.131. The lowest BCUT2D eigenvalue weighted by atomic mass is 9.78. The quantitative estimate of drug-likeness (QED) is 0.0667. The van der Waals surface area contributed by atoms with Gasteiger partial charge in [-0.3, -0.25) is 4.79 Å². The van der Waals surface area contributed by atoms with Gasteiger partial charge in [-0.15, -0.1) is 0 Å². The van der Waals surface area contributed by atoms with Crippen LogP contribution in [-0.2, 0) is 23.7 Å². The Morgan fingerprint density at radius 1 is 0.556 bits per heavy atom. The van der Waals surface area contributed by atoms with E-state index in [2.05, 4.69) is 91.0 Å². The van der Waals surface area contributed by atoms with Gasteiger partial charge >= 0.3 is 0 Å². The molecule has 4 fully saturated rings. The number of halogens is 2. The molecule has 380 valence electrons. The molecule has 0 radical (unpaired) electrons. The number of morpholine rings is 2. The van der Waals surface area contributed by atoms with Crippen LogP contribution >= 0.6 is 31.9 Å². The molecule has 0 bridgehead atoms. The smallest absolute Gasteiger partial charge is 0.160 e. The Bertz CT molecular complexity index is 2540. The van der Waals surface area contributed by atoms with E-state index in [0.717, 1.165) is 61.0 Å². The van der Waals surface area contributed by atoms with Gasteiger partial charge in [0.15, 0.2) is 5.78 Å². The number of furan rings is 2. The summed E-state index contributed by atoms with van der Waals surface area (Å²) in [5.74, 6) is 2.79. The maximum atomic E-state index is 16.8. The number of Topliss-reactive ketones (excluding diaryl/α,β-unsaturated/α-hetero) is 1. The average Bonchev–Trinajstić information content (AvgIpc) is 4.35. The molecule has 2 saturated heterocycles. The fourth-order valence-electron chi connectivity index (χ4n) is 9.62. The molecule has 0 spiro atoms. The largest absolute Gasteiger partial charge is 0.495 e. The van der Waals surface area contributed by atoms with Gasteiger partial charge in [-0.25, -0.2) is 0 Å². The van der Waals surface area contributed by atoms with Crippen molar-refractivity contribution < 1.29 is 51.5 Å². The first kappa shape index (κ1) is 50.6. The minimum atomic E-state index is -0.991. The molecule has 6 unspecified atom stereocenters. The number of rotatable bonds is 22. The van der Waals surface area contributed by atoms with Gasteiger partial charge in [0, 0.05) is 37.3 Å². The third kappa shape index (κ3) is 11.4. The highest BCUT2D eigenvalue weighted by molar-refractivity contribution is 9.11. The summed E-state index contributed by atoms with van der Waals surface area (Å²) in [6, 6.07) is 31.7. The van der Waals surface area contributed by atoms with Crippen LogP contribution in [-0.4, -0.2) is 86.8 Å². The summed E-state index contributed by atoms with van der Waals surface area (Å²) >= 11 is 7.24. The van der Waals surface area contributed by atoms with Crippen molar-refractivity contribution in [1.82, 2.24) is 10.6 Å². The van der Waals surface area contributed by atoms with E-state index in [-0.39, 0.29) is 18.0 Å². The monoisotopic (exact) mass is 1110 g/mol. The van der Waals surface area contributed by atoms with Gasteiger partial charge in [-0.2, -0.15) is 0 Å². The fourth-order valence-corrected chi connectivity index (χ4v) is 10.7. The Balaban J connectivity index is 1.13. The highest BCUT2D eigenvalue weighted by Crippen LogP contribution is 2.49. The number of hydrogen-bond donors (Lipinski definition) is 2.